The largest absolute Gasteiger partial charge is 0.488 e. The third kappa shape index (κ3) is 3.78. The van der Waals surface area contributed by atoms with Gasteiger partial charge in [-0.3, -0.25) is 4.79 Å². The Morgan fingerprint density at radius 2 is 1.92 bits per heavy atom. The summed E-state index contributed by atoms with van der Waals surface area (Å²) in [6.45, 7) is 5.71. The van der Waals surface area contributed by atoms with Crippen LogP contribution in [0.4, 0.5) is 0 Å². The van der Waals surface area contributed by atoms with Crippen molar-refractivity contribution in [2.24, 2.45) is 11.8 Å². The molecule has 1 amide bonds. The van der Waals surface area contributed by atoms with Crippen LogP contribution in [-0.2, 0) is 14.3 Å². The average molecular weight is 329 g/mol. The molecule has 1 aromatic rings. The van der Waals surface area contributed by atoms with Crippen molar-refractivity contribution in [3.8, 4) is 5.75 Å². The van der Waals surface area contributed by atoms with Crippen molar-refractivity contribution in [2.75, 3.05) is 26.3 Å². The van der Waals surface area contributed by atoms with Crippen LogP contribution in [0.1, 0.15) is 25.8 Å². The summed E-state index contributed by atoms with van der Waals surface area (Å²) in [6, 6.07) is 7.50. The lowest BCUT2D eigenvalue weighted by Crippen LogP contribution is -2.44. The molecule has 1 saturated heterocycles. The first-order valence-electron chi connectivity index (χ1n) is 8.40. The zero-order valence-corrected chi connectivity index (χ0v) is 14.2. The van der Waals surface area contributed by atoms with Crippen LogP contribution in [0.15, 0.2) is 29.8 Å². The summed E-state index contributed by atoms with van der Waals surface area (Å²) in [5, 5.41) is 0. The number of likely N-dealkylation sites (tertiary alicyclic amines) is 1. The molecule has 2 heterocycles. The molecule has 0 aromatic heterocycles. The third-order valence-electron chi connectivity index (χ3n) is 4.44. The Morgan fingerprint density at radius 3 is 2.67 bits per heavy atom. The summed E-state index contributed by atoms with van der Waals surface area (Å²) in [7, 11) is 0. The number of fused-ring (bicyclic) bond motifs is 1. The molecular formula is C19H23NO4. The summed E-state index contributed by atoms with van der Waals surface area (Å²) in [4.78, 5) is 26.3. The molecule has 0 spiro atoms. The summed E-state index contributed by atoms with van der Waals surface area (Å²) in [5.74, 6) is 1.11. The predicted octanol–water partition coefficient (Wildman–Crippen LogP) is 2.51. The number of ether oxygens (including phenoxy) is 2. The number of carbonyl (C=O) groups excluding carboxylic acids is 2. The molecule has 0 aliphatic carbocycles. The Hall–Kier alpha value is -2.30. The fourth-order valence-electron chi connectivity index (χ4n) is 3.41. The number of piperidine rings is 1. The van der Waals surface area contributed by atoms with Gasteiger partial charge in [-0.15, -0.1) is 0 Å². The van der Waals surface area contributed by atoms with Gasteiger partial charge in [-0.2, -0.15) is 0 Å². The van der Waals surface area contributed by atoms with Gasteiger partial charge in [0, 0.05) is 18.7 Å². The first-order valence-corrected chi connectivity index (χ1v) is 8.40. The molecule has 1 aromatic carbocycles. The molecule has 0 unspecified atom stereocenters. The maximum atomic E-state index is 12.3. The molecule has 1 fully saturated rings. The molecule has 5 heteroatoms. The SMILES string of the molecule is C[C@@H]1C[C@@H](C)CN(C(=O)COC(=O)C2=Cc3ccccc3OC2)C1. The van der Waals surface area contributed by atoms with E-state index in [9.17, 15) is 9.59 Å². The molecule has 2 aliphatic heterocycles. The van der Waals surface area contributed by atoms with Gasteiger partial charge in [0.25, 0.3) is 5.91 Å². The van der Waals surface area contributed by atoms with Crippen LogP contribution in [0.5, 0.6) is 5.75 Å². The number of amides is 1. The van der Waals surface area contributed by atoms with Crippen molar-refractivity contribution in [1.29, 1.82) is 0 Å². The smallest absolute Gasteiger partial charge is 0.338 e. The van der Waals surface area contributed by atoms with E-state index >= 15 is 0 Å². The van der Waals surface area contributed by atoms with Crippen molar-refractivity contribution in [2.45, 2.75) is 20.3 Å². The first kappa shape index (κ1) is 16.6. The maximum absolute atomic E-state index is 12.3. The van der Waals surface area contributed by atoms with Crippen LogP contribution in [0.2, 0.25) is 0 Å². The van der Waals surface area contributed by atoms with Gasteiger partial charge in [0.05, 0.1) is 5.57 Å². The summed E-state index contributed by atoms with van der Waals surface area (Å²) >= 11 is 0. The van der Waals surface area contributed by atoms with Crippen LogP contribution in [-0.4, -0.2) is 43.1 Å². The van der Waals surface area contributed by atoms with E-state index in [1.54, 1.807) is 11.0 Å². The number of carbonyl (C=O) groups is 2. The number of esters is 1. The summed E-state index contributed by atoms with van der Waals surface area (Å²) in [5.41, 5.74) is 1.28. The van der Waals surface area contributed by atoms with Gasteiger partial charge in [-0.25, -0.2) is 4.79 Å². The minimum Gasteiger partial charge on any atom is -0.488 e. The van der Waals surface area contributed by atoms with E-state index in [4.69, 9.17) is 9.47 Å². The molecule has 3 rings (SSSR count). The fourth-order valence-corrected chi connectivity index (χ4v) is 3.41. The van der Waals surface area contributed by atoms with Gasteiger partial charge in [0.15, 0.2) is 6.61 Å². The summed E-state index contributed by atoms with van der Waals surface area (Å²) < 4.78 is 10.7. The highest BCUT2D eigenvalue weighted by Gasteiger charge is 2.26. The third-order valence-corrected chi connectivity index (χ3v) is 4.44. The maximum Gasteiger partial charge on any atom is 0.338 e. The van der Waals surface area contributed by atoms with E-state index in [-0.39, 0.29) is 19.1 Å². The second kappa shape index (κ2) is 7.07. The lowest BCUT2D eigenvalue weighted by atomic mass is 9.92. The Labute approximate surface area is 142 Å². The Bertz CT molecular complexity index is 657. The van der Waals surface area contributed by atoms with Crippen LogP contribution >= 0.6 is 0 Å². The van der Waals surface area contributed by atoms with E-state index in [0.29, 0.717) is 17.4 Å². The molecule has 2 aliphatic rings. The fraction of sp³-hybridized carbons (Fsp3) is 0.474. The van der Waals surface area contributed by atoms with Crippen molar-refractivity contribution in [1.82, 2.24) is 4.90 Å². The highest BCUT2D eigenvalue weighted by molar-refractivity contribution is 5.96. The summed E-state index contributed by atoms with van der Waals surface area (Å²) in [6.07, 6.45) is 2.89. The second-order valence-corrected chi connectivity index (χ2v) is 6.82. The number of rotatable bonds is 3. The minimum atomic E-state index is -0.490. The number of para-hydroxylation sites is 1. The lowest BCUT2D eigenvalue weighted by Gasteiger charge is -2.34. The zero-order chi connectivity index (χ0) is 17.1. The quantitative estimate of drug-likeness (QED) is 0.800. The molecule has 0 N–H and O–H groups in total. The number of hydrogen-bond donors (Lipinski definition) is 0. The van der Waals surface area contributed by atoms with E-state index in [0.717, 1.165) is 30.8 Å². The highest BCUT2D eigenvalue weighted by Crippen LogP contribution is 2.26. The normalized spacial score (nSPS) is 22.9. The van der Waals surface area contributed by atoms with Gasteiger partial charge in [-0.1, -0.05) is 32.0 Å². The van der Waals surface area contributed by atoms with Gasteiger partial charge in [-0.05, 0) is 30.4 Å². The predicted molar refractivity (Wildman–Crippen MR) is 90.4 cm³/mol. The zero-order valence-electron chi connectivity index (χ0n) is 14.2. The van der Waals surface area contributed by atoms with Crippen LogP contribution < -0.4 is 4.74 Å². The van der Waals surface area contributed by atoms with Crippen LogP contribution in [0.25, 0.3) is 6.08 Å². The van der Waals surface area contributed by atoms with Gasteiger partial charge >= 0.3 is 5.97 Å². The van der Waals surface area contributed by atoms with Crippen molar-refractivity contribution >= 4 is 18.0 Å². The van der Waals surface area contributed by atoms with Crippen LogP contribution in [0, 0.1) is 11.8 Å². The van der Waals surface area contributed by atoms with Crippen molar-refractivity contribution in [3.05, 3.63) is 35.4 Å². The Balaban J connectivity index is 1.56. The molecule has 2 atom stereocenters. The van der Waals surface area contributed by atoms with E-state index in [2.05, 4.69) is 13.8 Å². The highest BCUT2D eigenvalue weighted by atomic mass is 16.5. The van der Waals surface area contributed by atoms with E-state index < -0.39 is 5.97 Å². The molecule has 0 saturated carbocycles. The van der Waals surface area contributed by atoms with Gasteiger partial charge < -0.3 is 14.4 Å². The second-order valence-electron chi connectivity index (χ2n) is 6.82. The molecule has 128 valence electrons. The van der Waals surface area contributed by atoms with Gasteiger partial charge in [0.1, 0.15) is 12.4 Å². The molecule has 0 radical (unpaired) electrons. The monoisotopic (exact) mass is 329 g/mol. The standard InChI is InChI=1S/C19H23NO4/c1-13-7-14(2)10-20(9-13)18(21)12-24-19(22)16-8-15-5-3-4-6-17(15)23-11-16/h3-6,8,13-14H,7,9-12H2,1-2H3/t13-,14-/m1/s1. The minimum absolute atomic E-state index is 0.125. The lowest BCUT2D eigenvalue weighted by molar-refractivity contribution is -0.150. The molecule has 24 heavy (non-hydrogen) atoms. The van der Waals surface area contributed by atoms with Crippen molar-refractivity contribution in [3.63, 3.8) is 0 Å². The topological polar surface area (TPSA) is 55.8 Å². The number of benzene rings is 1. The van der Waals surface area contributed by atoms with E-state index in [1.807, 2.05) is 24.3 Å². The molecule has 5 nitrogen and oxygen atoms in total. The van der Waals surface area contributed by atoms with Gasteiger partial charge in [0.2, 0.25) is 0 Å². The van der Waals surface area contributed by atoms with Crippen molar-refractivity contribution < 1.29 is 19.1 Å². The Morgan fingerprint density at radius 1 is 1.21 bits per heavy atom. The number of nitrogens with zero attached hydrogens (tertiary/aromatic N) is 1. The molecular weight excluding hydrogens is 306 g/mol. The first-order chi connectivity index (χ1) is 11.5. The average Bonchev–Trinajstić information content (AvgIpc) is 2.58. The molecule has 0 bridgehead atoms. The van der Waals surface area contributed by atoms with E-state index in [1.165, 1.54) is 0 Å². The Kier molecular flexibility index (Phi) is 4.88. The van der Waals surface area contributed by atoms with Crippen LogP contribution in [0.3, 0.4) is 0 Å². The number of hydrogen-bond acceptors (Lipinski definition) is 4.